The van der Waals surface area contributed by atoms with Gasteiger partial charge in [0, 0.05) is 14.2 Å². The van der Waals surface area contributed by atoms with E-state index < -0.39 is 11.9 Å². The number of rotatable bonds is 2. The highest BCUT2D eigenvalue weighted by molar-refractivity contribution is 5.87. The number of aliphatic hydroxyl groups excluding tert-OH is 2. The first kappa shape index (κ1) is 21.6. The zero-order valence-corrected chi connectivity index (χ0v) is 12.4. The Morgan fingerprint density at radius 1 is 0.591 bits per heavy atom. The standard InChI is InChI=1S/2C7H6O2.2CH4O/c2*8-7(9)6-4-2-1-3-5-6;2*1-2/h2*1-5H,(H,8,9);2*2H,1H3. The minimum Gasteiger partial charge on any atom is -0.478 e. The second-order valence-corrected chi connectivity index (χ2v) is 3.34. The van der Waals surface area contributed by atoms with Crippen molar-refractivity contribution in [1.29, 1.82) is 0 Å². The molecule has 0 radical (unpaired) electrons. The maximum absolute atomic E-state index is 10.2. The van der Waals surface area contributed by atoms with Gasteiger partial charge in [-0.25, -0.2) is 9.59 Å². The first-order chi connectivity index (χ1) is 10.6. The van der Waals surface area contributed by atoms with Gasteiger partial charge in [0.2, 0.25) is 0 Å². The van der Waals surface area contributed by atoms with Gasteiger partial charge in [-0.05, 0) is 24.3 Å². The number of hydrogen-bond acceptors (Lipinski definition) is 4. The molecular weight excluding hydrogens is 288 g/mol. The lowest BCUT2D eigenvalue weighted by molar-refractivity contribution is 0.0686. The lowest BCUT2D eigenvalue weighted by Gasteiger charge is -1.88. The number of carbonyl (C=O) groups is 2. The topological polar surface area (TPSA) is 115 Å². The summed E-state index contributed by atoms with van der Waals surface area (Å²) in [5, 5.41) is 30.8. The zero-order chi connectivity index (χ0) is 17.4. The Kier molecular flexibility index (Phi) is 14.4. The fraction of sp³-hybridized carbons (Fsp3) is 0.125. The summed E-state index contributed by atoms with van der Waals surface area (Å²) in [6.07, 6.45) is 0. The lowest BCUT2D eigenvalue weighted by Crippen LogP contribution is -1.93. The second kappa shape index (κ2) is 14.7. The minimum absolute atomic E-state index is 0.331. The van der Waals surface area contributed by atoms with Crippen LogP contribution in [-0.2, 0) is 0 Å². The predicted octanol–water partition coefficient (Wildman–Crippen LogP) is 1.99. The molecule has 0 aliphatic carbocycles. The number of benzene rings is 2. The van der Waals surface area contributed by atoms with Crippen LogP contribution in [0.4, 0.5) is 0 Å². The molecule has 0 saturated heterocycles. The molecule has 2 rings (SSSR count). The normalized spacial score (nSPS) is 7.82. The summed E-state index contributed by atoms with van der Waals surface area (Å²) >= 11 is 0. The molecule has 2 aromatic rings. The molecule has 0 heterocycles. The smallest absolute Gasteiger partial charge is 0.335 e. The number of hydrogen-bond donors (Lipinski definition) is 4. The zero-order valence-electron chi connectivity index (χ0n) is 12.4. The van der Waals surface area contributed by atoms with Gasteiger partial charge in [-0.3, -0.25) is 0 Å². The van der Waals surface area contributed by atoms with Crippen LogP contribution < -0.4 is 0 Å². The molecule has 0 unspecified atom stereocenters. The monoisotopic (exact) mass is 308 g/mol. The summed E-state index contributed by atoms with van der Waals surface area (Å²) in [5.41, 5.74) is 0.662. The first-order valence-electron chi connectivity index (χ1n) is 6.07. The molecule has 0 aromatic heterocycles. The summed E-state index contributed by atoms with van der Waals surface area (Å²) in [7, 11) is 2.00. The second-order valence-electron chi connectivity index (χ2n) is 3.34. The molecular formula is C16H20O6. The van der Waals surface area contributed by atoms with E-state index in [1.165, 1.54) is 0 Å². The van der Waals surface area contributed by atoms with Crippen molar-refractivity contribution in [3.8, 4) is 0 Å². The van der Waals surface area contributed by atoms with Gasteiger partial charge in [0.05, 0.1) is 11.1 Å². The SMILES string of the molecule is CO.CO.O=C(O)c1ccccc1.O=C(O)c1ccccc1. The maximum atomic E-state index is 10.2. The maximum Gasteiger partial charge on any atom is 0.335 e. The molecule has 6 nitrogen and oxygen atoms in total. The van der Waals surface area contributed by atoms with E-state index in [0.29, 0.717) is 11.1 Å². The van der Waals surface area contributed by atoms with E-state index in [2.05, 4.69) is 0 Å². The average molecular weight is 308 g/mol. The van der Waals surface area contributed by atoms with Crippen molar-refractivity contribution in [2.45, 2.75) is 0 Å². The van der Waals surface area contributed by atoms with Gasteiger partial charge in [-0.15, -0.1) is 0 Å². The van der Waals surface area contributed by atoms with E-state index in [0.717, 1.165) is 14.2 Å². The Morgan fingerprint density at radius 3 is 0.955 bits per heavy atom. The molecule has 2 aromatic carbocycles. The van der Waals surface area contributed by atoms with E-state index in [4.69, 9.17) is 20.4 Å². The molecule has 0 atom stereocenters. The van der Waals surface area contributed by atoms with E-state index in [9.17, 15) is 9.59 Å². The van der Waals surface area contributed by atoms with Gasteiger partial charge in [-0.2, -0.15) is 0 Å². The quantitative estimate of drug-likeness (QED) is 0.674. The van der Waals surface area contributed by atoms with Crippen LogP contribution in [-0.4, -0.2) is 46.6 Å². The number of aromatic carboxylic acids is 2. The third kappa shape index (κ3) is 10.1. The molecule has 0 aliphatic heterocycles. The molecule has 0 spiro atoms. The van der Waals surface area contributed by atoms with Crippen LogP contribution in [0.1, 0.15) is 20.7 Å². The van der Waals surface area contributed by atoms with Gasteiger partial charge in [-0.1, -0.05) is 36.4 Å². The highest BCUT2D eigenvalue weighted by atomic mass is 16.4. The molecule has 120 valence electrons. The van der Waals surface area contributed by atoms with E-state index >= 15 is 0 Å². The molecule has 0 bridgehead atoms. The summed E-state index contributed by atoms with van der Waals surface area (Å²) < 4.78 is 0. The summed E-state index contributed by atoms with van der Waals surface area (Å²) in [5.74, 6) is -1.76. The molecule has 0 aliphatic rings. The molecule has 0 amide bonds. The lowest BCUT2D eigenvalue weighted by atomic mass is 10.2. The van der Waals surface area contributed by atoms with Crippen molar-refractivity contribution in [3.05, 3.63) is 71.8 Å². The van der Waals surface area contributed by atoms with Crippen molar-refractivity contribution < 1.29 is 30.0 Å². The van der Waals surface area contributed by atoms with Crippen LogP contribution >= 0.6 is 0 Å². The van der Waals surface area contributed by atoms with Gasteiger partial charge >= 0.3 is 11.9 Å². The van der Waals surface area contributed by atoms with Crippen molar-refractivity contribution in [2.24, 2.45) is 0 Å². The molecule has 6 heteroatoms. The Bertz CT molecular complexity index is 461. The number of carboxylic acids is 2. The molecule has 0 fully saturated rings. The van der Waals surface area contributed by atoms with Crippen LogP contribution in [0.5, 0.6) is 0 Å². The van der Waals surface area contributed by atoms with Crippen molar-refractivity contribution in [3.63, 3.8) is 0 Å². The van der Waals surface area contributed by atoms with Crippen LogP contribution in [0, 0.1) is 0 Å². The summed E-state index contributed by atoms with van der Waals surface area (Å²) in [6, 6.07) is 16.6. The third-order valence-corrected chi connectivity index (χ3v) is 2.04. The van der Waals surface area contributed by atoms with E-state index in [-0.39, 0.29) is 0 Å². The van der Waals surface area contributed by atoms with Gasteiger partial charge in [0.1, 0.15) is 0 Å². The Labute approximate surface area is 128 Å². The van der Waals surface area contributed by atoms with E-state index in [1.807, 2.05) is 0 Å². The first-order valence-corrected chi connectivity index (χ1v) is 6.07. The average Bonchev–Trinajstić information content (AvgIpc) is 2.60. The largest absolute Gasteiger partial charge is 0.478 e. The predicted molar refractivity (Wildman–Crippen MR) is 83.1 cm³/mol. The van der Waals surface area contributed by atoms with Gasteiger partial charge in [0.25, 0.3) is 0 Å². The van der Waals surface area contributed by atoms with Gasteiger partial charge in [0.15, 0.2) is 0 Å². The van der Waals surface area contributed by atoms with Crippen LogP contribution in [0.2, 0.25) is 0 Å². The third-order valence-electron chi connectivity index (χ3n) is 2.04. The Morgan fingerprint density at radius 2 is 0.818 bits per heavy atom. The highest BCUT2D eigenvalue weighted by Gasteiger charge is 1.97. The van der Waals surface area contributed by atoms with E-state index in [1.54, 1.807) is 60.7 Å². The summed E-state index contributed by atoms with van der Waals surface area (Å²) in [4.78, 5) is 20.4. The van der Waals surface area contributed by atoms with Crippen molar-refractivity contribution in [1.82, 2.24) is 0 Å². The molecule has 4 N–H and O–H groups in total. The summed E-state index contributed by atoms with van der Waals surface area (Å²) in [6.45, 7) is 0. The van der Waals surface area contributed by atoms with Crippen LogP contribution in [0.25, 0.3) is 0 Å². The van der Waals surface area contributed by atoms with Crippen LogP contribution in [0.3, 0.4) is 0 Å². The minimum atomic E-state index is -0.879. The molecule has 22 heavy (non-hydrogen) atoms. The van der Waals surface area contributed by atoms with Gasteiger partial charge < -0.3 is 20.4 Å². The fourth-order valence-electron chi connectivity index (χ4n) is 1.16. The Balaban J connectivity index is 0. The fourth-order valence-corrected chi connectivity index (χ4v) is 1.16. The number of carboxylic acid groups (broad SMARTS) is 2. The number of aliphatic hydroxyl groups is 2. The molecule has 0 saturated carbocycles. The van der Waals surface area contributed by atoms with Crippen LogP contribution in [0.15, 0.2) is 60.7 Å². The van der Waals surface area contributed by atoms with Crippen molar-refractivity contribution in [2.75, 3.05) is 14.2 Å². The Hall–Kier alpha value is -2.70. The highest BCUT2D eigenvalue weighted by Crippen LogP contribution is 1.96. The van der Waals surface area contributed by atoms with Crippen molar-refractivity contribution >= 4 is 11.9 Å².